The van der Waals surface area contributed by atoms with Crippen molar-refractivity contribution in [1.82, 2.24) is 9.55 Å². The van der Waals surface area contributed by atoms with Crippen LogP contribution >= 0.6 is 0 Å². The Morgan fingerprint density at radius 2 is 2.28 bits per heavy atom. The minimum absolute atomic E-state index is 0.177. The quantitative estimate of drug-likeness (QED) is 0.511. The van der Waals surface area contributed by atoms with Gasteiger partial charge in [0, 0.05) is 13.1 Å². The summed E-state index contributed by atoms with van der Waals surface area (Å²) in [5.74, 6) is 0.106. The van der Waals surface area contributed by atoms with Crippen molar-refractivity contribution in [3.63, 3.8) is 0 Å². The number of benzene rings is 1. The number of nitrogens with zero attached hydrogens (tertiary/aromatic N) is 2. The van der Waals surface area contributed by atoms with E-state index >= 15 is 0 Å². The summed E-state index contributed by atoms with van der Waals surface area (Å²) in [4.78, 5) is 15.9. The van der Waals surface area contributed by atoms with Gasteiger partial charge in [0.15, 0.2) is 0 Å². The third kappa shape index (κ3) is 1.75. The van der Waals surface area contributed by atoms with Crippen LogP contribution in [0.3, 0.4) is 0 Å². The lowest BCUT2D eigenvalue weighted by atomic mass is 10.3. The number of esters is 1. The predicted octanol–water partition coefficient (Wildman–Crippen LogP) is 2.39. The van der Waals surface area contributed by atoms with E-state index < -0.39 is 5.97 Å². The minimum atomic E-state index is -0.518. The molecule has 1 aromatic carbocycles. The van der Waals surface area contributed by atoms with Crippen molar-refractivity contribution in [2.75, 3.05) is 0 Å². The lowest BCUT2D eigenvalue weighted by molar-refractivity contribution is 0.0701. The van der Waals surface area contributed by atoms with E-state index in [0.29, 0.717) is 5.75 Å². The topological polar surface area (TPSA) is 57.3 Å². The highest BCUT2D eigenvalue weighted by Gasteiger charge is 2.12. The summed E-state index contributed by atoms with van der Waals surface area (Å²) >= 11 is 0. The molecule has 0 fully saturated rings. The van der Waals surface area contributed by atoms with E-state index in [9.17, 15) is 4.79 Å². The van der Waals surface area contributed by atoms with Gasteiger partial charge in [0.05, 0.1) is 23.6 Å². The molecular formula is C13H10N2O3. The van der Waals surface area contributed by atoms with Crippen molar-refractivity contribution >= 4 is 17.0 Å². The number of hydrogen-bond acceptors (Lipinski definition) is 4. The first-order valence-corrected chi connectivity index (χ1v) is 5.41. The third-order valence-corrected chi connectivity index (χ3v) is 2.63. The Morgan fingerprint density at radius 3 is 3.06 bits per heavy atom. The Morgan fingerprint density at radius 1 is 1.39 bits per heavy atom. The number of fused-ring (bicyclic) bond motifs is 1. The van der Waals surface area contributed by atoms with Crippen LogP contribution in [0.2, 0.25) is 0 Å². The second-order valence-electron chi connectivity index (χ2n) is 3.87. The van der Waals surface area contributed by atoms with Crippen LogP contribution in [0.5, 0.6) is 5.75 Å². The molecule has 5 heteroatoms. The summed E-state index contributed by atoms with van der Waals surface area (Å²) in [6.07, 6.45) is 3.14. The first kappa shape index (κ1) is 10.6. The van der Waals surface area contributed by atoms with Crippen molar-refractivity contribution in [1.29, 1.82) is 0 Å². The predicted molar refractivity (Wildman–Crippen MR) is 64.4 cm³/mol. The van der Waals surface area contributed by atoms with Crippen LogP contribution < -0.4 is 4.74 Å². The van der Waals surface area contributed by atoms with Crippen LogP contribution in [0.1, 0.15) is 10.6 Å². The average Bonchev–Trinajstić information content (AvgIpc) is 2.99. The molecule has 2 heterocycles. The fraction of sp³-hybridized carbons (Fsp3) is 0.0769. The molecule has 3 rings (SSSR count). The Kier molecular flexibility index (Phi) is 2.37. The van der Waals surface area contributed by atoms with Crippen molar-refractivity contribution in [3.8, 4) is 5.75 Å². The fourth-order valence-corrected chi connectivity index (χ4v) is 1.73. The second kappa shape index (κ2) is 4.03. The van der Waals surface area contributed by atoms with Crippen LogP contribution in [0, 0.1) is 0 Å². The molecule has 0 aliphatic carbocycles. The molecule has 0 saturated carbocycles. The van der Waals surface area contributed by atoms with Gasteiger partial charge in [-0.05, 0) is 24.3 Å². The summed E-state index contributed by atoms with van der Waals surface area (Å²) in [7, 11) is 1.91. The molecule has 3 aromatic rings. The van der Waals surface area contributed by atoms with Gasteiger partial charge in [-0.2, -0.15) is 0 Å². The maximum Gasteiger partial charge on any atom is 0.379 e. The molecule has 0 atom stereocenters. The zero-order valence-electron chi connectivity index (χ0n) is 9.66. The Hall–Kier alpha value is -2.56. The number of aryl methyl sites for hydroxylation is 1. The smallest absolute Gasteiger partial charge is 0.379 e. The van der Waals surface area contributed by atoms with Crippen LogP contribution in [0.4, 0.5) is 0 Å². The monoisotopic (exact) mass is 242 g/mol. The Balaban J connectivity index is 1.89. The number of imidazole rings is 1. The molecule has 0 N–H and O–H groups in total. The zero-order valence-corrected chi connectivity index (χ0v) is 9.66. The highest BCUT2D eigenvalue weighted by molar-refractivity contribution is 5.88. The second-order valence-corrected chi connectivity index (χ2v) is 3.87. The highest BCUT2D eigenvalue weighted by atomic mass is 16.5. The fourth-order valence-electron chi connectivity index (χ4n) is 1.73. The number of aromatic nitrogens is 2. The van der Waals surface area contributed by atoms with E-state index in [1.807, 2.05) is 17.7 Å². The van der Waals surface area contributed by atoms with Gasteiger partial charge >= 0.3 is 5.97 Å². The van der Waals surface area contributed by atoms with E-state index in [-0.39, 0.29) is 5.76 Å². The van der Waals surface area contributed by atoms with Crippen LogP contribution in [-0.4, -0.2) is 15.5 Å². The number of rotatable bonds is 2. The lowest BCUT2D eigenvalue weighted by Gasteiger charge is -2.02. The van der Waals surface area contributed by atoms with Gasteiger partial charge in [-0.3, -0.25) is 0 Å². The van der Waals surface area contributed by atoms with E-state index in [0.717, 1.165) is 11.0 Å². The van der Waals surface area contributed by atoms with Crippen LogP contribution in [0.15, 0.2) is 47.3 Å². The first-order chi connectivity index (χ1) is 8.74. The van der Waals surface area contributed by atoms with Gasteiger partial charge in [-0.1, -0.05) is 0 Å². The molecule has 2 aromatic heterocycles. The van der Waals surface area contributed by atoms with E-state index in [2.05, 4.69) is 4.98 Å². The molecule has 5 nitrogen and oxygen atoms in total. The molecular weight excluding hydrogens is 232 g/mol. The summed E-state index contributed by atoms with van der Waals surface area (Å²) in [6.45, 7) is 0. The van der Waals surface area contributed by atoms with Gasteiger partial charge in [-0.15, -0.1) is 0 Å². The average molecular weight is 242 g/mol. The molecule has 0 radical (unpaired) electrons. The molecule has 0 spiro atoms. The third-order valence-electron chi connectivity index (χ3n) is 2.63. The summed E-state index contributed by atoms with van der Waals surface area (Å²) in [5.41, 5.74) is 1.76. The largest absolute Gasteiger partial charge is 0.457 e. The van der Waals surface area contributed by atoms with Gasteiger partial charge in [0.25, 0.3) is 0 Å². The number of carbonyl (C=O) groups excluding carboxylic acids is 1. The van der Waals surface area contributed by atoms with Gasteiger partial charge < -0.3 is 13.7 Å². The molecule has 90 valence electrons. The summed E-state index contributed by atoms with van der Waals surface area (Å²) in [6, 6.07) is 8.49. The molecule has 18 heavy (non-hydrogen) atoms. The first-order valence-electron chi connectivity index (χ1n) is 5.41. The summed E-state index contributed by atoms with van der Waals surface area (Å²) < 4.78 is 12.1. The molecule has 0 aliphatic heterocycles. The highest BCUT2D eigenvalue weighted by Crippen LogP contribution is 2.20. The normalized spacial score (nSPS) is 10.7. The SMILES string of the molecule is Cn1cnc2cc(OC(=O)c3ccco3)ccc21. The molecule has 0 aliphatic rings. The number of carbonyl (C=O) groups is 1. The van der Waals surface area contributed by atoms with Crippen LogP contribution in [-0.2, 0) is 7.05 Å². The standard InChI is InChI=1S/C13H10N2O3/c1-15-8-14-10-7-9(4-5-11(10)15)18-13(16)12-3-2-6-17-12/h2-8H,1H3. The maximum atomic E-state index is 11.7. The Labute approximate surface area is 103 Å². The zero-order chi connectivity index (χ0) is 12.5. The van der Waals surface area contributed by atoms with Gasteiger partial charge in [-0.25, -0.2) is 9.78 Å². The van der Waals surface area contributed by atoms with Gasteiger partial charge in [0.1, 0.15) is 5.75 Å². The number of furan rings is 1. The molecule has 0 saturated heterocycles. The number of ether oxygens (including phenoxy) is 1. The van der Waals surface area contributed by atoms with E-state index in [4.69, 9.17) is 9.15 Å². The van der Waals surface area contributed by atoms with E-state index in [1.54, 1.807) is 30.6 Å². The number of hydrogen-bond donors (Lipinski definition) is 0. The molecule has 0 unspecified atom stereocenters. The maximum absolute atomic E-state index is 11.7. The van der Waals surface area contributed by atoms with Gasteiger partial charge in [0.2, 0.25) is 5.76 Å². The van der Waals surface area contributed by atoms with Crippen LogP contribution in [0.25, 0.3) is 11.0 Å². The molecule has 0 bridgehead atoms. The molecule has 0 amide bonds. The lowest BCUT2D eigenvalue weighted by Crippen LogP contribution is -2.06. The summed E-state index contributed by atoms with van der Waals surface area (Å²) in [5, 5.41) is 0. The minimum Gasteiger partial charge on any atom is -0.457 e. The van der Waals surface area contributed by atoms with Crippen molar-refractivity contribution in [3.05, 3.63) is 48.7 Å². The van der Waals surface area contributed by atoms with Crippen molar-refractivity contribution in [2.24, 2.45) is 7.05 Å². The van der Waals surface area contributed by atoms with Crippen molar-refractivity contribution in [2.45, 2.75) is 0 Å². The Bertz CT molecular complexity index is 698. The van der Waals surface area contributed by atoms with E-state index in [1.165, 1.54) is 6.26 Å². The van der Waals surface area contributed by atoms with Crippen molar-refractivity contribution < 1.29 is 13.9 Å².